The molecule has 0 heterocycles. The van der Waals surface area contributed by atoms with Crippen molar-refractivity contribution < 1.29 is 65.9 Å². The summed E-state index contributed by atoms with van der Waals surface area (Å²) < 4.78 is 180. The van der Waals surface area contributed by atoms with Crippen LogP contribution in [0.2, 0.25) is 0 Å². The molecule has 0 atom stereocenters. The van der Waals surface area contributed by atoms with Gasteiger partial charge in [0.1, 0.15) is 0 Å². The molecule has 0 saturated carbocycles. The van der Waals surface area contributed by atoms with Gasteiger partial charge in [-0.2, -0.15) is 65.9 Å². The average Bonchev–Trinajstić information content (AvgIpc) is 2.15. The second kappa shape index (κ2) is 10.5. The van der Waals surface area contributed by atoms with Gasteiger partial charge in [0.05, 0.1) is 0 Å². The zero-order chi connectivity index (χ0) is 23.7. The van der Waals surface area contributed by atoms with Crippen LogP contribution in [0.4, 0.5) is 65.9 Å². The molecule has 0 nitrogen and oxygen atoms in total. The van der Waals surface area contributed by atoms with Gasteiger partial charge >= 0.3 is 30.9 Å². The predicted molar refractivity (Wildman–Crippen MR) is 79.3 cm³/mol. The topological polar surface area (TPSA) is 0 Å². The third kappa shape index (κ3) is 7.89. The summed E-state index contributed by atoms with van der Waals surface area (Å²) in [7, 11) is 0. The van der Waals surface area contributed by atoms with Crippen molar-refractivity contribution in [3.8, 4) is 0 Å². The molecule has 0 fully saturated rings. The Labute approximate surface area is 163 Å². The van der Waals surface area contributed by atoms with Crippen LogP contribution in [0.5, 0.6) is 0 Å². The second-order valence-corrected chi connectivity index (χ2v) is 6.26. The lowest BCUT2D eigenvalue weighted by atomic mass is 9.75. The Morgan fingerprint density at radius 1 is 0.433 bits per heavy atom. The minimum atomic E-state index is -6.45. The average molecular weight is 488 g/mol. The lowest BCUT2D eigenvalue weighted by Crippen LogP contribution is -2.62. The number of hydrogen-bond acceptors (Lipinski definition) is 0. The van der Waals surface area contributed by atoms with Crippen molar-refractivity contribution in [3.05, 3.63) is 0 Å². The number of hydrogen-bond donors (Lipinski definition) is 0. The van der Waals surface area contributed by atoms with Crippen molar-refractivity contribution in [2.24, 2.45) is 23.2 Å². The van der Waals surface area contributed by atoms with Crippen molar-refractivity contribution >= 4 is 0 Å². The number of halogens is 15. The summed E-state index contributed by atoms with van der Waals surface area (Å²) in [5.41, 5.74) is -5.69. The first kappa shape index (κ1) is 36.3. The van der Waals surface area contributed by atoms with E-state index in [-0.39, 0.29) is 28.7 Å². The van der Waals surface area contributed by atoms with Gasteiger partial charge in [0.2, 0.25) is 0 Å². The molecule has 0 unspecified atom stereocenters. The molecule has 0 aromatic rings. The Balaban J connectivity index is -0.000000219. The minimum Gasteiger partial charge on any atom is -0.170 e. The van der Waals surface area contributed by atoms with Gasteiger partial charge in [0.15, 0.2) is 5.92 Å². The Hall–Kier alpha value is -1.05. The quantitative estimate of drug-likeness (QED) is 0.341. The van der Waals surface area contributed by atoms with Gasteiger partial charge in [0, 0.05) is 0 Å². The van der Waals surface area contributed by atoms with E-state index in [1.165, 1.54) is 0 Å². The maximum atomic E-state index is 12.2. The summed E-state index contributed by atoms with van der Waals surface area (Å²) in [5.74, 6) is -7.40. The third-order valence-corrected chi connectivity index (χ3v) is 3.58. The van der Waals surface area contributed by atoms with Gasteiger partial charge in [-0.05, 0) is 11.8 Å². The minimum absolute atomic E-state index is 0. The van der Waals surface area contributed by atoms with E-state index in [4.69, 9.17) is 0 Å². The van der Waals surface area contributed by atoms with Crippen LogP contribution in [0, 0.1) is 23.2 Å². The van der Waals surface area contributed by atoms with Crippen LogP contribution in [0.1, 0.15) is 42.5 Å². The van der Waals surface area contributed by atoms with E-state index in [9.17, 15) is 65.9 Å². The van der Waals surface area contributed by atoms with E-state index in [1.807, 2.05) is 0 Å². The fourth-order valence-corrected chi connectivity index (χ4v) is 2.41. The molecule has 0 aliphatic heterocycles. The highest BCUT2D eigenvalue weighted by Gasteiger charge is 2.84. The van der Waals surface area contributed by atoms with Gasteiger partial charge in [-0.1, -0.05) is 42.5 Å². The molecule has 0 spiro atoms. The van der Waals surface area contributed by atoms with Crippen LogP contribution in [-0.2, 0) is 0 Å². The normalized spacial score (nSPS) is 14.2. The molecule has 188 valence electrons. The molecule has 30 heavy (non-hydrogen) atoms. The maximum absolute atomic E-state index is 12.2. The molecule has 0 bridgehead atoms. The summed E-state index contributed by atoms with van der Waals surface area (Å²) in [6.07, 6.45) is -29.7. The van der Waals surface area contributed by atoms with E-state index in [1.54, 1.807) is 0 Å². The van der Waals surface area contributed by atoms with Crippen LogP contribution in [0.3, 0.4) is 0 Å². The molecule has 0 aliphatic carbocycles. The monoisotopic (exact) mass is 488 g/mol. The molecular weight excluding hydrogens is 465 g/mol. The van der Waals surface area contributed by atoms with Crippen molar-refractivity contribution in [2.75, 3.05) is 0 Å². The molecular formula is C15H23F15. The summed E-state index contributed by atoms with van der Waals surface area (Å²) in [6.45, 7) is 2.25. The fourth-order valence-electron chi connectivity index (χ4n) is 2.41. The van der Waals surface area contributed by atoms with Crippen LogP contribution in [0.25, 0.3) is 0 Å². The largest absolute Gasteiger partial charge is 0.412 e. The van der Waals surface area contributed by atoms with Crippen LogP contribution in [0.15, 0.2) is 0 Å². The van der Waals surface area contributed by atoms with Crippen LogP contribution in [-0.4, -0.2) is 30.9 Å². The SMILES string of the molecule is C.C.CC(C)C(C(F)(F)F)(C(F)(F)F)C(F)(F)F.CC(C)C(C(F)(F)F)C(F)(F)F. The molecule has 0 rings (SSSR count). The van der Waals surface area contributed by atoms with E-state index in [0.29, 0.717) is 0 Å². The summed E-state index contributed by atoms with van der Waals surface area (Å²) in [5, 5.41) is 0. The van der Waals surface area contributed by atoms with Crippen LogP contribution >= 0.6 is 0 Å². The van der Waals surface area contributed by atoms with Gasteiger partial charge in [-0.25, -0.2) is 0 Å². The van der Waals surface area contributed by atoms with E-state index >= 15 is 0 Å². The van der Waals surface area contributed by atoms with Crippen molar-refractivity contribution in [1.29, 1.82) is 0 Å². The van der Waals surface area contributed by atoms with Crippen molar-refractivity contribution in [3.63, 3.8) is 0 Å². The third-order valence-electron chi connectivity index (χ3n) is 3.58. The van der Waals surface area contributed by atoms with E-state index < -0.39 is 54.1 Å². The fraction of sp³-hybridized carbons (Fsp3) is 1.00. The lowest BCUT2D eigenvalue weighted by Gasteiger charge is -2.41. The Bertz CT molecular complexity index is 421. The molecule has 0 radical (unpaired) electrons. The first-order chi connectivity index (χ1) is 11.8. The molecule has 0 aromatic heterocycles. The van der Waals surface area contributed by atoms with Gasteiger partial charge in [-0.15, -0.1) is 0 Å². The van der Waals surface area contributed by atoms with Gasteiger partial charge < -0.3 is 0 Å². The Kier molecular flexibility index (Phi) is 12.7. The predicted octanol–water partition coefficient (Wildman–Crippen LogP) is 8.97. The first-order valence-electron chi connectivity index (χ1n) is 7.09. The molecule has 0 N–H and O–H groups in total. The zero-order valence-corrected chi connectivity index (χ0v) is 14.4. The van der Waals surface area contributed by atoms with E-state index in [2.05, 4.69) is 0 Å². The van der Waals surface area contributed by atoms with Crippen LogP contribution < -0.4 is 0 Å². The number of alkyl halides is 15. The summed E-state index contributed by atoms with van der Waals surface area (Å²) in [4.78, 5) is 0. The Morgan fingerprint density at radius 2 is 0.633 bits per heavy atom. The Morgan fingerprint density at radius 3 is 0.633 bits per heavy atom. The second-order valence-electron chi connectivity index (χ2n) is 6.26. The molecule has 0 saturated heterocycles. The van der Waals surface area contributed by atoms with Gasteiger partial charge in [-0.3, -0.25) is 0 Å². The first-order valence-corrected chi connectivity index (χ1v) is 7.09. The number of rotatable bonds is 2. The maximum Gasteiger partial charge on any atom is 0.412 e. The van der Waals surface area contributed by atoms with Crippen molar-refractivity contribution in [2.45, 2.75) is 73.4 Å². The highest BCUT2D eigenvalue weighted by molar-refractivity contribution is 5.01. The summed E-state index contributed by atoms with van der Waals surface area (Å²) in [6, 6.07) is 0. The van der Waals surface area contributed by atoms with E-state index in [0.717, 1.165) is 13.8 Å². The standard InChI is InChI=1S/C7H7F9.C6H8F6.2CH4/c1-3(2)4(5(8,9)10,6(11,12)13)7(14,15)16;1-3(2)4(5(7,8)9)6(10,11)12;;/h3H,1-2H3;3-4H,1-2H3;2*1H4. The highest BCUT2D eigenvalue weighted by atomic mass is 19.4. The molecule has 15 heteroatoms. The zero-order valence-electron chi connectivity index (χ0n) is 14.4. The molecule has 0 aromatic carbocycles. The van der Waals surface area contributed by atoms with Crippen molar-refractivity contribution in [1.82, 2.24) is 0 Å². The molecule has 0 amide bonds. The summed E-state index contributed by atoms with van der Waals surface area (Å²) >= 11 is 0. The molecule has 0 aliphatic rings. The van der Waals surface area contributed by atoms with Gasteiger partial charge in [0.25, 0.3) is 5.41 Å². The lowest BCUT2D eigenvalue weighted by molar-refractivity contribution is -0.440. The highest BCUT2D eigenvalue weighted by Crippen LogP contribution is 2.63. The smallest absolute Gasteiger partial charge is 0.170 e.